The highest BCUT2D eigenvalue weighted by atomic mass is 16.1. The molecule has 1 heterocycles. The normalized spacial score (nSPS) is 18.4. The number of hydrogen-bond donors (Lipinski definition) is 2. The fraction of sp³-hybridized carbons (Fsp3) is 0.467. The van der Waals surface area contributed by atoms with E-state index < -0.39 is 0 Å². The van der Waals surface area contributed by atoms with Gasteiger partial charge in [0.1, 0.15) is 0 Å². The number of nitriles is 1. The van der Waals surface area contributed by atoms with Crippen molar-refractivity contribution in [2.75, 3.05) is 31.1 Å². The molecule has 5 heteroatoms. The number of nitrogens with one attached hydrogen (secondary N) is 1. The standard InChI is InChI=1S/C15H20N4O/c16-7-8-18-15(20)13-2-1-9-19(11-13)14-5-3-12(10-17)4-6-14/h3-6,13H,1-2,7-9,11,16H2,(H,18,20). The van der Waals surface area contributed by atoms with Crippen LogP contribution in [0.2, 0.25) is 0 Å². The molecule has 2 rings (SSSR count). The molecular formula is C15H20N4O. The second kappa shape index (κ2) is 6.92. The van der Waals surface area contributed by atoms with Crippen LogP contribution < -0.4 is 16.0 Å². The lowest BCUT2D eigenvalue weighted by Crippen LogP contribution is -2.44. The molecule has 1 aromatic carbocycles. The summed E-state index contributed by atoms with van der Waals surface area (Å²) in [5, 5.41) is 11.7. The topological polar surface area (TPSA) is 82.2 Å². The van der Waals surface area contributed by atoms with E-state index in [9.17, 15) is 4.79 Å². The van der Waals surface area contributed by atoms with Crippen molar-refractivity contribution in [1.82, 2.24) is 5.32 Å². The number of rotatable bonds is 4. The molecule has 1 aliphatic rings. The number of carbonyl (C=O) groups excluding carboxylic acids is 1. The third-order valence-electron chi connectivity index (χ3n) is 3.60. The summed E-state index contributed by atoms with van der Waals surface area (Å²) in [6.45, 7) is 2.68. The smallest absolute Gasteiger partial charge is 0.224 e. The van der Waals surface area contributed by atoms with Gasteiger partial charge in [0.05, 0.1) is 17.6 Å². The number of nitrogens with two attached hydrogens (primary N) is 1. The lowest BCUT2D eigenvalue weighted by Gasteiger charge is -2.33. The quantitative estimate of drug-likeness (QED) is 0.851. The van der Waals surface area contributed by atoms with E-state index in [4.69, 9.17) is 11.0 Å². The van der Waals surface area contributed by atoms with Gasteiger partial charge in [-0.15, -0.1) is 0 Å². The molecule has 1 aromatic rings. The third kappa shape index (κ3) is 3.49. The number of hydrogen-bond acceptors (Lipinski definition) is 4. The average molecular weight is 272 g/mol. The van der Waals surface area contributed by atoms with Crippen LogP contribution in [0, 0.1) is 17.2 Å². The molecule has 5 nitrogen and oxygen atoms in total. The summed E-state index contributed by atoms with van der Waals surface area (Å²) >= 11 is 0. The first-order valence-corrected chi connectivity index (χ1v) is 6.97. The first-order chi connectivity index (χ1) is 9.74. The van der Waals surface area contributed by atoms with Crippen LogP contribution in [-0.2, 0) is 4.79 Å². The van der Waals surface area contributed by atoms with Crippen molar-refractivity contribution in [3.8, 4) is 6.07 Å². The van der Waals surface area contributed by atoms with Gasteiger partial charge >= 0.3 is 0 Å². The molecule has 0 aliphatic carbocycles. The molecule has 1 atom stereocenters. The largest absolute Gasteiger partial charge is 0.371 e. The molecule has 1 saturated heterocycles. The maximum absolute atomic E-state index is 12.0. The van der Waals surface area contributed by atoms with Crippen molar-refractivity contribution in [2.45, 2.75) is 12.8 Å². The van der Waals surface area contributed by atoms with E-state index in [2.05, 4.69) is 16.3 Å². The first-order valence-electron chi connectivity index (χ1n) is 6.97. The molecule has 3 N–H and O–H groups in total. The first kappa shape index (κ1) is 14.4. The fourth-order valence-electron chi connectivity index (χ4n) is 2.51. The molecule has 1 aliphatic heterocycles. The van der Waals surface area contributed by atoms with Crippen molar-refractivity contribution >= 4 is 11.6 Å². The van der Waals surface area contributed by atoms with Crippen LogP contribution in [0.25, 0.3) is 0 Å². The molecule has 1 amide bonds. The molecule has 20 heavy (non-hydrogen) atoms. The Morgan fingerprint density at radius 2 is 2.20 bits per heavy atom. The predicted octanol–water partition coefficient (Wildman–Crippen LogP) is 0.850. The van der Waals surface area contributed by atoms with Crippen molar-refractivity contribution in [3.63, 3.8) is 0 Å². The SMILES string of the molecule is N#Cc1ccc(N2CCCC(C(=O)NCCN)C2)cc1. The molecule has 1 unspecified atom stereocenters. The number of amides is 1. The Balaban J connectivity index is 1.99. The van der Waals surface area contributed by atoms with E-state index in [1.807, 2.05) is 24.3 Å². The van der Waals surface area contributed by atoms with E-state index in [-0.39, 0.29) is 11.8 Å². The summed E-state index contributed by atoms with van der Waals surface area (Å²) in [6.07, 6.45) is 1.92. The van der Waals surface area contributed by atoms with E-state index in [0.29, 0.717) is 18.7 Å². The summed E-state index contributed by atoms with van der Waals surface area (Å²) < 4.78 is 0. The van der Waals surface area contributed by atoms with Gasteiger partial charge in [-0.3, -0.25) is 4.79 Å². The lowest BCUT2D eigenvalue weighted by atomic mass is 9.96. The van der Waals surface area contributed by atoms with E-state index in [1.165, 1.54) is 0 Å². The van der Waals surface area contributed by atoms with Gasteiger partial charge in [-0.25, -0.2) is 0 Å². The van der Waals surface area contributed by atoms with Crippen molar-refractivity contribution in [2.24, 2.45) is 11.7 Å². The van der Waals surface area contributed by atoms with Crippen LogP contribution in [-0.4, -0.2) is 32.1 Å². The van der Waals surface area contributed by atoms with Crippen LogP contribution in [0.1, 0.15) is 18.4 Å². The minimum atomic E-state index is 0.0194. The molecule has 0 aromatic heterocycles. The molecule has 0 saturated carbocycles. The Morgan fingerprint density at radius 1 is 1.45 bits per heavy atom. The van der Waals surface area contributed by atoms with Gasteiger partial charge in [0.25, 0.3) is 0 Å². The molecule has 0 bridgehead atoms. The zero-order valence-corrected chi connectivity index (χ0v) is 11.5. The molecule has 0 spiro atoms. The highest BCUT2D eigenvalue weighted by molar-refractivity contribution is 5.79. The lowest BCUT2D eigenvalue weighted by molar-refractivity contribution is -0.125. The van der Waals surface area contributed by atoms with E-state index >= 15 is 0 Å². The highest BCUT2D eigenvalue weighted by Crippen LogP contribution is 2.23. The summed E-state index contributed by atoms with van der Waals surface area (Å²) in [6, 6.07) is 9.63. The maximum Gasteiger partial charge on any atom is 0.224 e. The average Bonchev–Trinajstić information content (AvgIpc) is 2.52. The van der Waals surface area contributed by atoms with Crippen LogP contribution >= 0.6 is 0 Å². The molecule has 0 radical (unpaired) electrons. The van der Waals surface area contributed by atoms with Crippen LogP contribution in [0.15, 0.2) is 24.3 Å². The summed E-state index contributed by atoms with van der Waals surface area (Å²) in [5.41, 5.74) is 7.13. The number of benzene rings is 1. The highest BCUT2D eigenvalue weighted by Gasteiger charge is 2.25. The van der Waals surface area contributed by atoms with Crippen LogP contribution in [0.5, 0.6) is 0 Å². The third-order valence-corrected chi connectivity index (χ3v) is 3.60. The Hall–Kier alpha value is -2.06. The second-order valence-corrected chi connectivity index (χ2v) is 5.02. The monoisotopic (exact) mass is 272 g/mol. The summed E-state index contributed by atoms with van der Waals surface area (Å²) in [7, 11) is 0. The maximum atomic E-state index is 12.0. The molecule has 1 fully saturated rings. The Bertz CT molecular complexity index is 492. The van der Waals surface area contributed by atoms with Gasteiger partial charge in [0, 0.05) is 31.9 Å². The number of nitrogens with zero attached hydrogens (tertiary/aromatic N) is 2. The van der Waals surface area contributed by atoms with E-state index in [0.717, 1.165) is 31.6 Å². The zero-order chi connectivity index (χ0) is 14.4. The van der Waals surface area contributed by atoms with Crippen molar-refractivity contribution in [1.29, 1.82) is 5.26 Å². The van der Waals surface area contributed by atoms with Crippen molar-refractivity contribution in [3.05, 3.63) is 29.8 Å². The molecular weight excluding hydrogens is 252 g/mol. The number of carbonyl (C=O) groups is 1. The number of piperidine rings is 1. The second-order valence-electron chi connectivity index (χ2n) is 5.02. The minimum Gasteiger partial charge on any atom is -0.371 e. The fourth-order valence-corrected chi connectivity index (χ4v) is 2.51. The van der Waals surface area contributed by atoms with E-state index in [1.54, 1.807) is 0 Å². The predicted molar refractivity (Wildman–Crippen MR) is 78.2 cm³/mol. The van der Waals surface area contributed by atoms with Gasteiger partial charge < -0.3 is 16.0 Å². The minimum absolute atomic E-state index is 0.0194. The zero-order valence-electron chi connectivity index (χ0n) is 11.5. The van der Waals surface area contributed by atoms with Crippen molar-refractivity contribution < 1.29 is 4.79 Å². The molecule has 106 valence electrons. The van der Waals surface area contributed by atoms with Gasteiger partial charge in [-0.1, -0.05) is 0 Å². The summed E-state index contributed by atoms with van der Waals surface area (Å²) in [4.78, 5) is 14.2. The Labute approximate surface area is 119 Å². The van der Waals surface area contributed by atoms with Gasteiger partial charge in [0.2, 0.25) is 5.91 Å². The summed E-state index contributed by atoms with van der Waals surface area (Å²) in [5.74, 6) is 0.111. The van der Waals surface area contributed by atoms with Crippen LogP contribution in [0.3, 0.4) is 0 Å². The Kier molecular flexibility index (Phi) is 4.97. The van der Waals surface area contributed by atoms with Crippen LogP contribution in [0.4, 0.5) is 5.69 Å². The van der Waals surface area contributed by atoms with Gasteiger partial charge in [0.15, 0.2) is 0 Å². The van der Waals surface area contributed by atoms with Gasteiger partial charge in [-0.2, -0.15) is 5.26 Å². The number of anilines is 1. The Morgan fingerprint density at radius 3 is 2.85 bits per heavy atom. The van der Waals surface area contributed by atoms with Gasteiger partial charge in [-0.05, 0) is 37.1 Å².